The highest BCUT2D eigenvalue weighted by molar-refractivity contribution is 7.08. The standard InChI is InChI=1S/C20H17N3O2S/c24-19(18-3-1-2-8-21-18)22-17-5-4-14-6-9-23(12-16(14)11-17)20(25)15-7-10-26-13-15/h1-5,7-8,10-11,13H,6,9,12H2,(H,22,24). The number of rotatable bonds is 3. The van der Waals surface area contributed by atoms with Crippen LogP contribution in [0.3, 0.4) is 0 Å². The second-order valence-corrected chi connectivity index (χ2v) is 6.92. The normalized spacial score (nSPS) is 13.2. The molecule has 4 rings (SSSR count). The summed E-state index contributed by atoms with van der Waals surface area (Å²) in [5.74, 6) is -0.188. The van der Waals surface area contributed by atoms with Crippen molar-refractivity contribution in [3.8, 4) is 0 Å². The number of fused-ring (bicyclic) bond motifs is 1. The molecule has 0 aliphatic carbocycles. The molecule has 0 fully saturated rings. The fraction of sp³-hybridized carbons (Fsp3) is 0.150. The van der Waals surface area contributed by atoms with E-state index in [0.29, 0.717) is 24.5 Å². The summed E-state index contributed by atoms with van der Waals surface area (Å²) >= 11 is 1.52. The van der Waals surface area contributed by atoms with Gasteiger partial charge in [-0.3, -0.25) is 14.6 Å². The third-order valence-corrected chi connectivity index (χ3v) is 5.11. The minimum Gasteiger partial charge on any atom is -0.334 e. The van der Waals surface area contributed by atoms with Gasteiger partial charge < -0.3 is 10.2 Å². The van der Waals surface area contributed by atoms with Gasteiger partial charge in [0, 0.05) is 30.4 Å². The van der Waals surface area contributed by atoms with Crippen LogP contribution in [0.15, 0.2) is 59.4 Å². The number of aromatic nitrogens is 1. The highest BCUT2D eigenvalue weighted by Gasteiger charge is 2.22. The molecular weight excluding hydrogens is 346 g/mol. The van der Waals surface area contributed by atoms with E-state index in [-0.39, 0.29) is 11.8 Å². The molecule has 6 heteroatoms. The molecule has 0 saturated carbocycles. The van der Waals surface area contributed by atoms with Crippen LogP contribution in [0.5, 0.6) is 0 Å². The maximum Gasteiger partial charge on any atom is 0.274 e. The van der Waals surface area contributed by atoms with E-state index >= 15 is 0 Å². The first-order chi connectivity index (χ1) is 12.7. The summed E-state index contributed by atoms with van der Waals surface area (Å²) in [5.41, 5.74) is 4.11. The van der Waals surface area contributed by atoms with Gasteiger partial charge in [-0.1, -0.05) is 12.1 Å². The molecule has 2 amide bonds. The van der Waals surface area contributed by atoms with Crippen LogP contribution in [-0.2, 0) is 13.0 Å². The predicted octanol–water partition coefficient (Wildman–Crippen LogP) is 3.59. The average Bonchev–Trinajstić information content (AvgIpc) is 3.22. The maximum atomic E-state index is 12.6. The van der Waals surface area contributed by atoms with Gasteiger partial charge in [0.05, 0.1) is 5.56 Å². The topological polar surface area (TPSA) is 62.3 Å². The quantitative estimate of drug-likeness (QED) is 0.773. The van der Waals surface area contributed by atoms with Gasteiger partial charge in [-0.05, 0) is 53.3 Å². The summed E-state index contributed by atoms with van der Waals surface area (Å²) in [6.45, 7) is 1.26. The van der Waals surface area contributed by atoms with Crippen LogP contribution < -0.4 is 5.32 Å². The summed E-state index contributed by atoms with van der Waals surface area (Å²) in [6, 6.07) is 13.0. The van der Waals surface area contributed by atoms with Crippen LogP contribution in [0.25, 0.3) is 0 Å². The van der Waals surface area contributed by atoms with Crippen molar-refractivity contribution in [3.05, 3.63) is 81.8 Å². The lowest BCUT2D eigenvalue weighted by Crippen LogP contribution is -2.35. The zero-order valence-electron chi connectivity index (χ0n) is 14.0. The van der Waals surface area contributed by atoms with Crippen LogP contribution in [0.4, 0.5) is 5.69 Å². The Morgan fingerprint density at radius 1 is 1.12 bits per heavy atom. The first-order valence-electron chi connectivity index (χ1n) is 8.36. The second-order valence-electron chi connectivity index (χ2n) is 6.14. The SMILES string of the molecule is O=C(Nc1ccc2c(c1)CN(C(=O)c1ccsc1)CC2)c1ccccn1. The molecule has 3 heterocycles. The van der Waals surface area contributed by atoms with E-state index in [0.717, 1.165) is 17.5 Å². The third kappa shape index (κ3) is 3.36. The number of hydrogen-bond acceptors (Lipinski definition) is 4. The number of amides is 2. The Hall–Kier alpha value is -2.99. The van der Waals surface area contributed by atoms with Crippen LogP contribution in [0, 0.1) is 0 Å². The molecule has 1 N–H and O–H groups in total. The highest BCUT2D eigenvalue weighted by Crippen LogP contribution is 2.24. The highest BCUT2D eigenvalue weighted by atomic mass is 32.1. The molecule has 0 atom stereocenters. The lowest BCUT2D eigenvalue weighted by Gasteiger charge is -2.29. The van der Waals surface area contributed by atoms with E-state index in [4.69, 9.17) is 0 Å². The monoisotopic (exact) mass is 363 g/mol. The summed E-state index contributed by atoms with van der Waals surface area (Å²) in [7, 11) is 0. The van der Waals surface area contributed by atoms with E-state index in [1.54, 1.807) is 24.4 Å². The molecule has 130 valence electrons. The van der Waals surface area contributed by atoms with Gasteiger partial charge in [0.2, 0.25) is 0 Å². The molecule has 1 aliphatic rings. The van der Waals surface area contributed by atoms with E-state index in [1.807, 2.05) is 39.9 Å². The van der Waals surface area contributed by atoms with Crippen molar-refractivity contribution in [2.24, 2.45) is 0 Å². The molecule has 3 aromatic rings. The number of nitrogens with zero attached hydrogens (tertiary/aromatic N) is 2. The van der Waals surface area contributed by atoms with Gasteiger partial charge >= 0.3 is 0 Å². The molecule has 0 spiro atoms. The van der Waals surface area contributed by atoms with E-state index in [2.05, 4.69) is 10.3 Å². The lowest BCUT2D eigenvalue weighted by molar-refractivity contribution is 0.0735. The zero-order chi connectivity index (χ0) is 17.9. The van der Waals surface area contributed by atoms with Crippen molar-refractivity contribution in [3.63, 3.8) is 0 Å². The maximum absolute atomic E-state index is 12.6. The van der Waals surface area contributed by atoms with E-state index in [1.165, 1.54) is 16.9 Å². The van der Waals surface area contributed by atoms with Crippen molar-refractivity contribution in [1.29, 1.82) is 0 Å². The van der Waals surface area contributed by atoms with Gasteiger partial charge in [-0.25, -0.2) is 0 Å². The summed E-state index contributed by atoms with van der Waals surface area (Å²) in [4.78, 5) is 30.8. The van der Waals surface area contributed by atoms with Gasteiger partial charge in [-0.15, -0.1) is 0 Å². The Balaban J connectivity index is 1.51. The van der Waals surface area contributed by atoms with Crippen molar-refractivity contribution in [2.45, 2.75) is 13.0 Å². The number of anilines is 1. The first-order valence-corrected chi connectivity index (χ1v) is 9.30. The molecule has 0 unspecified atom stereocenters. The van der Waals surface area contributed by atoms with Crippen LogP contribution >= 0.6 is 11.3 Å². The number of pyridine rings is 1. The molecule has 2 aromatic heterocycles. The van der Waals surface area contributed by atoms with Crippen molar-refractivity contribution in [1.82, 2.24) is 9.88 Å². The van der Waals surface area contributed by atoms with Gasteiger partial charge in [0.15, 0.2) is 0 Å². The number of carbonyl (C=O) groups excluding carboxylic acids is 2. The average molecular weight is 363 g/mol. The van der Waals surface area contributed by atoms with E-state index in [9.17, 15) is 9.59 Å². The number of thiophene rings is 1. The molecule has 26 heavy (non-hydrogen) atoms. The molecule has 5 nitrogen and oxygen atoms in total. The van der Waals surface area contributed by atoms with Crippen molar-refractivity contribution in [2.75, 3.05) is 11.9 Å². The smallest absolute Gasteiger partial charge is 0.274 e. The molecular formula is C20H17N3O2S. The number of hydrogen-bond donors (Lipinski definition) is 1. The van der Waals surface area contributed by atoms with Crippen LogP contribution in [0.1, 0.15) is 32.0 Å². The Morgan fingerprint density at radius 3 is 2.81 bits per heavy atom. The molecule has 1 aliphatic heterocycles. The Labute approximate surface area is 155 Å². The van der Waals surface area contributed by atoms with Gasteiger partial charge in [-0.2, -0.15) is 11.3 Å². The minimum absolute atomic E-state index is 0.0554. The van der Waals surface area contributed by atoms with E-state index < -0.39 is 0 Å². The first kappa shape index (κ1) is 16.5. The Morgan fingerprint density at radius 2 is 2.04 bits per heavy atom. The summed E-state index contributed by atoms with van der Waals surface area (Å²) in [6.07, 6.45) is 2.41. The number of nitrogens with one attached hydrogen (secondary N) is 1. The van der Waals surface area contributed by atoms with Crippen molar-refractivity contribution < 1.29 is 9.59 Å². The fourth-order valence-corrected chi connectivity index (χ4v) is 3.70. The lowest BCUT2D eigenvalue weighted by atomic mass is 9.98. The predicted molar refractivity (Wildman–Crippen MR) is 101 cm³/mol. The number of benzene rings is 1. The van der Waals surface area contributed by atoms with Gasteiger partial charge in [0.1, 0.15) is 5.69 Å². The van der Waals surface area contributed by atoms with Gasteiger partial charge in [0.25, 0.3) is 11.8 Å². The Bertz CT molecular complexity index is 939. The zero-order valence-corrected chi connectivity index (χ0v) is 14.8. The van der Waals surface area contributed by atoms with Crippen molar-refractivity contribution >= 4 is 28.8 Å². The summed E-state index contributed by atoms with van der Waals surface area (Å²) < 4.78 is 0. The van der Waals surface area contributed by atoms with Crippen LogP contribution in [0.2, 0.25) is 0 Å². The fourth-order valence-electron chi connectivity index (χ4n) is 3.07. The summed E-state index contributed by atoms with van der Waals surface area (Å²) in [5, 5.41) is 6.67. The largest absolute Gasteiger partial charge is 0.334 e. The molecule has 0 bridgehead atoms. The minimum atomic E-state index is -0.243. The molecule has 1 aromatic carbocycles. The number of carbonyl (C=O) groups is 2. The molecule has 0 radical (unpaired) electrons. The molecule has 0 saturated heterocycles. The third-order valence-electron chi connectivity index (χ3n) is 4.43. The second kappa shape index (κ2) is 7.09. The Kier molecular flexibility index (Phi) is 4.50. The van der Waals surface area contributed by atoms with Crippen LogP contribution in [-0.4, -0.2) is 28.2 Å².